The highest BCUT2D eigenvalue weighted by Gasteiger charge is 2.23. The van der Waals surface area contributed by atoms with E-state index in [2.05, 4.69) is 28.0 Å². The molecule has 2 heteroatoms. The van der Waals surface area contributed by atoms with Gasteiger partial charge < -0.3 is 4.57 Å². The van der Waals surface area contributed by atoms with Crippen LogP contribution in [0.25, 0.3) is 10.2 Å². The van der Waals surface area contributed by atoms with Crippen LogP contribution in [0.15, 0.2) is 17.5 Å². The molecule has 0 aliphatic heterocycles. The zero-order valence-corrected chi connectivity index (χ0v) is 8.68. The average Bonchev–Trinajstić information content (AvgIpc) is 2.77. The summed E-state index contributed by atoms with van der Waals surface area (Å²) in [4.78, 5) is 1.34. The van der Waals surface area contributed by atoms with Crippen LogP contribution in [0.2, 0.25) is 0 Å². The third-order valence-electron chi connectivity index (χ3n) is 2.79. The molecule has 2 heterocycles. The van der Waals surface area contributed by atoms with Gasteiger partial charge >= 0.3 is 0 Å². The number of hydrogen-bond acceptors (Lipinski definition) is 1. The van der Waals surface area contributed by atoms with Gasteiger partial charge in [-0.2, -0.15) is 0 Å². The number of thiophene rings is 1. The van der Waals surface area contributed by atoms with Gasteiger partial charge in [-0.15, -0.1) is 17.8 Å². The van der Waals surface area contributed by atoms with Crippen molar-refractivity contribution in [1.82, 2.24) is 4.57 Å². The number of terminal acetylenes is 1. The molecule has 70 valence electrons. The summed E-state index contributed by atoms with van der Waals surface area (Å²) in [5.41, 5.74) is 1.04. The maximum Gasteiger partial charge on any atom is 0.103 e. The summed E-state index contributed by atoms with van der Waals surface area (Å²) in [7, 11) is 0. The molecule has 0 spiro atoms. The van der Waals surface area contributed by atoms with Crippen LogP contribution >= 0.6 is 11.3 Å². The van der Waals surface area contributed by atoms with Crippen molar-refractivity contribution < 1.29 is 0 Å². The first-order valence-electron chi connectivity index (χ1n) is 4.92. The number of aromatic nitrogens is 1. The van der Waals surface area contributed by atoms with Gasteiger partial charge in [0.25, 0.3) is 0 Å². The first-order valence-corrected chi connectivity index (χ1v) is 5.80. The maximum absolute atomic E-state index is 5.50. The molecular weight excluding hydrogens is 190 g/mol. The Hall–Kier alpha value is -1.20. The molecule has 2 aromatic rings. The van der Waals surface area contributed by atoms with Crippen molar-refractivity contribution in [2.24, 2.45) is 5.92 Å². The molecule has 1 fully saturated rings. The van der Waals surface area contributed by atoms with Gasteiger partial charge in [-0.3, -0.25) is 0 Å². The Kier molecular flexibility index (Phi) is 1.68. The van der Waals surface area contributed by atoms with E-state index in [4.69, 9.17) is 6.42 Å². The fraction of sp³-hybridized carbons (Fsp3) is 0.333. The molecule has 0 saturated heterocycles. The van der Waals surface area contributed by atoms with Crippen LogP contribution in [0, 0.1) is 18.3 Å². The van der Waals surface area contributed by atoms with E-state index in [1.807, 2.05) is 0 Å². The van der Waals surface area contributed by atoms with E-state index in [1.54, 1.807) is 11.3 Å². The van der Waals surface area contributed by atoms with Crippen LogP contribution < -0.4 is 0 Å². The third kappa shape index (κ3) is 1.17. The van der Waals surface area contributed by atoms with Gasteiger partial charge in [0.15, 0.2) is 0 Å². The summed E-state index contributed by atoms with van der Waals surface area (Å²) in [6, 6.07) is 4.26. The summed E-state index contributed by atoms with van der Waals surface area (Å²) in [5, 5.41) is 3.43. The molecule has 0 aromatic carbocycles. The molecule has 1 saturated carbocycles. The summed E-state index contributed by atoms with van der Waals surface area (Å²) in [6.07, 6.45) is 8.24. The van der Waals surface area contributed by atoms with Crippen molar-refractivity contribution in [1.29, 1.82) is 0 Å². The van der Waals surface area contributed by atoms with Crippen LogP contribution in [-0.4, -0.2) is 4.57 Å². The molecule has 0 bridgehead atoms. The maximum atomic E-state index is 5.50. The van der Waals surface area contributed by atoms with Crippen LogP contribution in [0.3, 0.4) is 0 Å². The molecule has 14 heavy (non-hydrogen) atoms. The standard InChI is InChI=1S/C12H11NS/c1-2-11-7-10-5-6-14-12(10)13(11)8-9-3-4-9/h1,5-7,9H,3-4,8H2. The quantitative estimate of drug-likeness (QED) is 0.658. The highest BCUT2D eigenvalue weighted by Crippen LogP contribution is 2.34. The van der Waals surface area contributed by atoms with E-state index in [1.165, 1.54) is 23.1 Å². The Morgan fingerprint density at radius 2 is 2.43 bits per heavy atom. The number of fused-ring (bicyclic) bond motifs is 1. The highest BCUT2D eigenvalue weighted by molar-refractivity contribution is 7.16. The molecule has 2 aromatic heterocycles. The largest absolute Gasteiger partial charge is 0.326 e. The van der Waals surface area contributed by atoms with Gasteiger partial charge in [-0.1, -0.05) is 5.92 Å². The number of hydrogen-bond donors (Lipinski definition) is 0. The lowest BCUT2D eigenvalue weighted by Crippen LogP contribution is -2.00. The van der Waals surface area contributed by atoms with Crippen LogP contribution in [-0.2, 0) is 6.54 Å². The number of rotatable bonds is 2. The lowest BCUT2D eigenvalue weighted by molar-refractivity contribution is 0.645. The molecule has 0 atom stereocenters. The van der Waals surface area contributed by atoms with Gasteiger partial charge in [0.2, 0.25) is 0 Å². The first kappa shape index (κ1) is 8.14. The second-order valence-electron chi connectivity index (χ2n) is 3.91. The Bertz CT molecular complexity index is 508. The molecule has 0 radical (unpaired) electrons. The summed E-state index contributed by atoms with van der Waals surface area (Å²) in [6.45, 7) is 1.11. The van der Waals surface area contributed by atoms with E-state index >= 15 is 0 Å². The minimum absolute atomic E-state index is 0.875. The van der Waals surface area contributed by atoms with Gasteiger partial charge in [0, 0.05) is 11.9 Å². The Morgan fingerprint density at radius 3 is 3.14 bits per heavy atom. The lowest BCUT2D eigenvalue weighted by atomic mass is 10.3. The molecule has 0 N–H and O–H groups in total. The summed E-state index contributed by atoms with van der Waals surface area (Å²) in [5.74, 6) is 3.65. The zero-order chi connectivity index (χ0) is 9.54. The van der Waals surface area contributed by atoms with E-state index in [0.29, 0.717) is 0 Å². The lowest BCUT2D eigenvalue weighted by Gasteiger charge is -2.03. The van der Waals surface area contributed by atoms with Crippen molar-refractivity contribution in [3.63, 3.8) is 0 Å². The second-order valence-corrected chi connectivity index (χ2v) is 4.80. The summed E-state index contributed by atoms with van der Waals surface area (Å²) >= 11 is 1.79. The van der Waals surface area contributed by atoms with Gasteiger partial charge in [-0.05, 0) is 36.3 Å². The molecule has 1 nitrogen and oxygen atoms in total. The molecule has 0 unspecified atom stereocenters. The molecule has 1 aliphatic carbocycles. The monoisotopic (exact) mass is 201 g/mol. The van der Waals surface area contributed by atoms with Crippen molar-refractivity contribution in [2.75, 3.05) is 0 Å². The SMILES string of the molecule is C#Cc1cc2ccsc2n1CC1CC1. The normalized spacial score (nSPS) is 15.9. The average molecular weight is 201 g/mol. The molecule has 3 rings (SSSR count). The third-order valence-corrected chi connectivity index (χ3v) is 3.74. The smallest absolute Gasteiger partial charge is 0.103 e. The topological polar surface area (TPSA) is 4.93 Å². The Morgan fingerprint density at radius 1 is 1.57 bits per heavy atom. The number of nitrogens with zero attached hydrogens (tertiary/aromatic N) is 1. The fourth-order valence-electron chi connectivity index (χ4n) is 1.83. The fourth-order valence-corrected chi connectivity index (χ4v) is 2.74. The van der Waals surface area contributed by atoms with Crippen molar-refractivity contribution in [2.45, 2.75) is 19.4 Å². The zero-order valence-electron chi connectivity index (χ0n) is 7.86. The van der Waals surface area contributed by atoms with Crippen LogP contribution in [0.1, 0.15) is 18.5 Å². The van der Waals surface area contributed by atoms with Crippen molar-refractivity contribution in [3.05, 3.63) is 23.2 Å². The van der Waals surface area contributed by atoms with Crippen LogP contribution in [0.5, 0.6) is 0 Å². The predicted molar refractivity (Wildman–Crippen MR) is 60.5 cm³/mol. The molecule has 1 aliphatic rings. The van der Waals surface area contributed by atoms with Gasteiger partial charge in [-0.25, -0.2) is 0 Å². The molecule has 0 amide bonds. The predicted octanol–water partition coefficient (Wildman–Crippen LogP) is 3.09. The van der Waals surface area contributed by atoms with Gasteiger partial charge in [0.1, 0.15) is 4.83 Å². The van der Waals surface area contributed by atoms with Gasteiger partial charge in [0.05, 0.1) is 5.69 Å². The summed E-state index contributed by atoms with van der Waals surface area (Å²) < 4.78 is 2.30. The van der Waals surface area contributed by atoms with E-state index in [9.17, 15) is 0 Å². The van der Waals surface area contributed by atoms with E-state index < -0.39 is 0 Å². The highest BCUT2D eigenvalue weighted by atomic mass is 32.1. The Labute approximate surface area is 87.4 Å². The minimum Gasteiger partial charge on any atom is -0.326 e. The van der Waals surface area contributed by atoms with Crippen molar-refractivity contribution >= 4 is 21.6 Å². The van der Waals surface area contributed by atoms with E-state index in [-0.39, 0.29) is 0 Å². The first-order chi connectivity index (χ1) is 6.88. The molecular formula is C12H11NS. The Balaban J connectivity index is 2.14. The second kappa shape index (κ2) is 2.90. The van der Waals surface area contributed by atoms with E-state index in [0.717, 1.165) is 18.2 Å². The van der Waals surface area contributed by atoms with Crippen molar-refractivity contribution in [3.8, 4) is 12.3 Å². The van der Waals surface area contributed by atoms with Crippen LogP contribution in [0.4, 0.5) is 0 Å². The minimum atomic E-state index is 0.875.